The number of likely N-dealkylation sites (tertiary alicyclic amines) is 1. The van der Waals surface area contributed by atoms with Crippen molar-refractivity contribution < 1.29 is 19.0 Å². The highest BCUT2D eigenvalue weighted by molar-refractivity contribution is 5.82. The molecule has 2 atom stereocenters. The quantitative estimate of drug-likeness (QED) is 0.863. The second-order valence-electron chi connectivity index (χ2n) is 6.41. The first-order chi connectivity index (χ1) is 12.2. The van der Waals surface area contributed by atoms with Crippen LogP contribution in [-0.4, -0.2) is 43.7 Å². The summed E-state index contributed by atoms with van der Waals surface area (Å²) in [7, 11) is 1.66. The highest BCUT2D eigenvalue weighted by Gasteiger charge is 2.35. The average molecular weight is 339 g/mol. The van der Waals surface area contributed by atoms with E-state index in [0.29, 0.717) is 24.0 Å². The van der Waals surface area contributed by atoms with Crippen LogP contribution in [0.1, 0.15) is 17.9 Å². The number of hydrogen-bond acceptors (Lipinski definition) is 4. The molecule has 0 radical (unpaired) electrons. The van der Waals surface area contributed by atoms with Crippen LogP contribution >= 0.6 is 0 Å². The van der Waals surface area contributed by atoms with E-state index in [1.807, 2.05) is 41.3 Å². The summed E-state index contributed by atoms with van der Waals surface area (Å²) in [5.74, 6) is 2.54. The van der Waals surface area contributed by atoms with Crippen LogP contribution in [0.5, 0.6) is 17.2 Å². The molecule has 0 saturated carbocycles. The topological polar surface area (TPSA) is 48.0 Å². The molecule has 0 bridgehead atoms. The second kappa shape index (κ2) is 6.67. The number of carbonyl (C=O) groups is 1. The molecule has 5 heteroatoms. The van der Waals surface area contributed by atoms with Crippen LogP contribution in [0.2, 0.25) is 0 Å². The lowest BCUT2D eigenvalue weighted by molar-refractivity contribution is -0.140. The van der Waals surface area contributed by atoms with Gasteiger partial charge in [0.1, 0.15) is 12.4 Å². The minimum atomic E-state index is -0.565. The molecule has 2 aromatic rings. The monoisotopic (exact) mass is 339 g/mol. The van der Waals surface area contributed by atoms with E-state index in [0.717, 1.165) is 18.7 Å². The smallest absolute Gasteiger partial charge is 0.267 e. The van der Waals surface area contributed by atoms with Crippen molar-refractivity contribution in [1.29, 1.82) is 0 Å². The first kappa shape index (κ1) is 15.8. The molecule has 2 aliphatic heterocycles. The summed E-state index contributed by atoms with van der Waals surface area (Å²) in [4.78, 5) is 14.7. The lowest BCUT2D eigenvalue weighted by atomic mass is 9.98. The maximum Gasteiger partial charge on any atom is 0.267 e. The van der Waals surface area contributed by atoms with Crippen LogP contribution in [-0.2, 0) is 4.79 Å². The molecule has 4 rings (SSSR count). The van der Waals surface area contributed by atoms with E-state index in [1.165, 1.54) is 5.56 Å². The molecule has 2 heterocycles. The minimum absolute atomic E-state index is 0.00511. The lowest BCUT2D eigenvalue weighted by Crippen LogP contribution is -2.45. The van der Waals surface area contributed by atoms with Crippen molar-refractivity contribution in [3.05, 3.63) is 54.1 Å². The number of methoxy groups -OCH3 is 1. The number of ether oxygens (including phenoxy) is 3. The first-order valence-corrected chi connectivity index (χ1v) is 8.56. The maximum atomic E-state index is 12.8. The fourth-order valence-corrected chi connectivity index (χ4v) is 3.45. The van der Waals surface area contributed by atoms with E-state index in [-0.39, 0.29) is 12.5 Å². The van der Waals surface area contributed by atoms with Crippen LogP contribution in [0.25, 0.3) is 0 Å². The van der Waals surface area contributed by atoms with E-state index >= 15 is 0 Å². The second-order valence-corrected chi connectivity index (χ2v) is 6.41. The van der Waals surface area contributed by atoms with Gasteiger partial charge in [-0.3, -0.25) is 4.79 Å². The number of carbonyl (C=O) groups excluding carboxylic acids is 1. The van der Waals surface area contributed by atoms with Gasteiger partial charge in [0.05, 0.1) is 7.11 Å². The summed E-state index contributed by atoms with van der Waals surface area (Å²) in [6, 6.07) is 15.5. The molecule has 0 aliphatic carbocycles. The largest absolute Gasteiger partial charge is 0.497 e. The summed E-state index contributed by atoms with van der Waals surface area (Å²) in [5, 5.41) is 0. The third-order valence-electron chi connectivity index (χ3n) is 4.87. The van der Waals surface area contributed by atoms with Gasteiger partial charge in [0, 0.05) is 19.0 Å². The predicted molar refractivity (Wildman–Crippen MR) is 93.3 cm³/mol. The van der Waals surface area contributed by atoms with Gasteiger partial charge in [0.15, 0.2) is 11.5 Å². The van der Waals surface area contributed by atoms with Gasteiger partial charge < -0.3 is 19.1 Å². The Kier molecular flexibility index (Phi) is 4.22. The van der Waals surface area contributed by atoms with Crippen molar-refractivity contribution in [2.24, 2.45) is 0 Å². The molecule has 1 saturated heterocycles. The lowest BCUT2D eigenvalue weighted by Gasteiger charge is -2.28. The van der Waals surface area contributed by atoms with Crippen molar-refractivity contribution in [3.63, 3.8) is 0 Å². The van der Waals surface area contributed by atoms with Crippen LogP contribution in [0.3, 0.4) is 0 Å². The van der Waals surface area contributed by atoms with Crippen molar-refractivity contribution in [3.8, 4) is 17.2 Å². The molecule has 1 fully saturated rings. The first-order valence-electron chi connectivity index (χ1n) is 8.56. The molecular weight excluding hydrogens is 318 g/mol. The molecule has 0 N–H and O–H groups in total. The standard InChI is InChI=1S/C20H21NO4/c1-23-16-8-6-14(7-9-16)15-10-11-21(12-15)20(22)19-13-24-17-4-2-3-5-18(17)25-19/h2-9,15,19H,10-13H2,1H3. The molecule has 1 amide bonds. The number of amides is 1. The van der Waals surface area contributed by atoms with Gasteiger partial charge in [0.25, 0.3) is 5.91 Å². The number of fused-ring (bicyclic) bond motifs is 1. The third kappa shape index (κ3) is 3.14. The summed E-state index contributed by atoms with van der Waals surface area (Å²) >= 11 is 0. The highest BCUT2D eigenvalue weighted by Crippen LogP contribution is 2.33. The number of benzene rings is 2. The van der Waals surface area contributed by atoms with E-state index < -0.39 is 6.10 Å². The Hall–Kier alpha value is -2.69. The van der Waals surface area contributed by atoms with Crippen molar-refractivity contribution in [2.75, 3.05) is 26.8 Å². The van der Waals surface area contributed by atoms with Crippen LogP contribution in [0, 0.1) is 0 Å². The Morgan fingerprint density at radius 2 is 1.88 bits per heavy atom. The molecule has 25 heavy (non-hydrogen) atoms. The molecule has 2 aromatic carbocycles. The molecule has 2 unspecified atom stereocenters. The third-order valence-corrected chi connectivity index (χ3v) is 4.87. The predicted octanol–water partition coefficient (Wildman–Crippen LogP) is 2.85. The Labute approximate surface area is 147 Å². The number of hydrogen-bond donors (Lipinski definition) is 0. The molecule has 130 valence electrons. The molecule has 5 nitrogen and oxygen atoms in total. The van der Waals surface area contributed by atoms with Crippen molar-refractivity contribution >= 4 is 5.91 Å². The Morgan fingerprint density at radius 3 is 2.64 bits per heavy atom. The Balaban J connectivity index is 1.40. The number of nitrogens with zero attached hydrogens (tertiary/aromatic N) is 1. The summed E-state index contributed by atoms with van der Waals surface area (Å²) in [5.41, 5.74) is 1.24. The zero-order valence-electron chi connectivity index (χ0n) is 14.2. The zero-order valence-corrected chi connectivity index (χ0v) is 14.2. The summed E-state index contributed by atoms with van der Waals surface area (Å²) in [6.07, 6.45) is 0.395. The molecule has 0 spiro atoms. The van der Waals surface area contributed by atoms with Gasteiger partial charge >= 0.3 is 0 Å². The van der Waals surface area contributed by atoms with Crippen molar-refractivity contribution in [1.82, 2.24) is 4.90 Å². The SMILES string of the molecule is COc1ccc(C2CCN(C(=O)C3COc4ccccc4O3)C2)cc1. The summed E-state index contributed by atoms with van der Waals surface area (Å²) < 4.78 is 16.7. The fourth-order valence-electron chi connectivity index (χ4n) is 3.45. The average Bonchev–Trinajstić information content (AvgIpc) is 3.17. The number of rotatable bonds is 3. The van der Waals surface area contributed by atoms with Gasteiger partial charge in [-0.15, -0.1) is 0 Å². The van der Waals surface area contributed by atoms with E-state index in [2.05, 4.69) is 12.1 Å². The molecule has 2 aliphatic rings. The van der Waals surface area contributed by atoms with Crippen LogP contribution in [0.15, 0.2) is 48.5 Å². The van der Waals surface area contributed by atoms with E-state index in [9.17, 15) is 4.79 Å². The zero-order chi connectivity index (χ0) is 17.2. The molecule has 0 aromatic heterocycles. The summed E-state index contributed by atoms with van der Waals surface area (Å²) in [6.45, 7) is 1.73. The van der Waals surface area contributed by atoms with Gasteiger partial charge in [-0.05, 0) is 36.2 Å². The Morgan fingerprint density at radius 1 is 1.12 bits per heavy atom. The number of para-hydroxylation sites is 2. The normalized spacial score (nSPS) is 21.9. The molecular formula is C20H21NO4. The fraction of sp³-hybridized carbons (Fsp3) is 0.350. The Bertz CT molecular complexity index is 759. The maximum absolute atomic E-state index is 12.8. The van der Waals surface area contributed by atoms with Gasteiger partial charge in [-0.1, -0.05) is 24.3 Å². The van der Waals surface area contributed by atoms with Gasteiger partial charge in [0.2, 0.25) is 6.10 Å². The van der Waals surface area contributed by atoms with E-state index in [4.69, 9.17) is 14.2 Å². The van der Waals surface area contributed by atoms with Crippen molar-refractivity contribution in [2.45, 2.75) is 18.4 Å². The minimum Gasteiger partial charge on any atom is -0.497 e. The highest BCUT2D eigenvalue weighted by atomic mass is 16.6. The van der Waals surface area contributed by atoms with Crippen LogP contribution < -0.4 is 14.2 Å². The van der Waals surface area contributed by atoms with Crippen LogP contribution in [0.4, 0.5) is 0 Å². The van der Waals surface area contributed by atoms with Gasteiger partial charge in [-0.2, -0.15) is 0 Å². The van der Waals surface area contributed by atoms with E-state index in [1.54, 1.807) is 7.11 Å². The van der Waals surface area contributed by atoms with Gasteiger partial charge in [-0.25, -0.2) is 0 Å².